The van der Waals surface area contributed by atoms with E-state index in [0.29, 0.717) is 40.3 Å². The first-order valence-electron chi connectivity index (χ1n) is 7.71. The molecule has 0 saturated heterocycles. The SMILES string of the molecule is O=c1[nH]c(CNCc2ccco2)nc2scc(-c3ccccc3F)c12. The molecule has 0 unspecified atom stereocenters. The lowest BCUT2D eigenvalue weighted by atomic mass is 10.1. The zero-order chi connectivity index (χ0) is 17.2. The second-order valence-corrected chi connectivity index (χ2v) is 6.36. The molecule has 0 fully saturated rings. The van der Waals surface area contributed by atoms with E-state index in [1.807, 2.05) is 12.1 Å². The highest BCUT2D eigenvalue weighted by Crippen LogP contribution is 2.32. The summed E-state index contributed by atoms with van der Waals surface area (Å²) < 4.78 is 19.3. The third-order valence-electron chi connectivity index (χ3n) is 3.83. The number of thiophene rings is 1. The number of hydrogen-bond acceptors (Lipinski definition) is 5. The molecular formula is C18H14FN3O2S. The maximum absolute atomic E-state index is 14.0. The molecule has 0 radical (unpaired) electrons. The van der Waals surface area contributed by atoms with Crippen molar-refractivity contribution in [3.8, 4) is 11.1 Å². The van der Waals surface area contributed by atoms with Crippen LogP contribution in [0.15, 0.2) is 57.3 Å². The van der Waals surface area contributed by atoms with Crippen molar-refractivity contribution in [3.05, 3.63) is 75.8 Å². The third kappa shape index (κ3) is 3.11. The van der Waals surface area contributed by atoms with Crippen LogP contribution in [0.2, 0.25) is 0 Å². The summed E-state index contributed by atoms with van der Waals surface area (Å²) in [6, 6.07) is 10.1. The van der Waals surface area contributed by atoms with E-state index in [1.165, 1.54) is 17.4 Å². The van der Waals surface area contributed by atoms with Crippen molar-refractivity contribution in [1.82, 2.24) is 15.3 Å². The summed E-state index contributed by atoms with van der Waals surface area (Å²) in [5, 5.41) is 5.35. The molecule has 5 nitrogen and oxygen atoms in total. The Morgan fingerprint density at radius 1 is 1.16 bits per heavy atom. The van der Waals surface area contributed by atoms with Gasteiger partial charge in [-0.3, -0.25) is 4.79 Å². The second-order valence-electron chi connectivity index (χ2n) is 5.50. The van der Waals surface area contributed by atoms with E-state index in [1.54, 1.807) is 29.8 Å². The lowest BCUT2D eigenvalue weighted by Gasteiger charge is -2.04. The predicted octanol–water partition coefficient (Wildman–Crippen LogP) is 3.67. The minimum atomic E-state index is -0.356. The Kier molecular flexibility index (Phi) is 4.17. The van der Waals surface area contributed by atoms with Gasteiger partial charge in [0.05, 0.1) is 24.7 Å². The fourth-order valence-electron chi connectivity index (χ4n) is 2.67. The van der Waals surface area contributed by atoms with Gasteiger partial charge in [-0.2, -0.15) is 0 Å². The van der Waals surface area contributed by atoms with Crippen LogP contribution in [0.5, 0.6) is 0 Å². The number of benzene rings is 1. The Morgan fingerprint density at radius 3 is 2.84 bits per heavy atom. The molecule has 3 heterocycles. The number of aromatic nitrogens is 2. The zero-order valence-electron chi connectivity index (χ0n) is 13.1. The highest BCUT2D eigenvalue weighted by molar-refractivity contribution is 7.17. The molecule has 0 aliphatic rings. The third-order valence-corrected chi connectivity index (χ3v) is 4.70. The van der Waals surface area contributed by atoms with Crippen molar-refractivity contribution in [1.29, 1.82) is 0 Å². The standard InChI is InChI=1S/C18H14FN3O2S/c19-14-6-2-1-5-12(14)13-10-25-18-16(13)17(23)21-15(22-18)9-20-8-11-4-3-7-24-11/h1-7,10,20H,8-9H2,(H,21,22,23). The van der Waals surface area contributed by atoms with Crippen LogP contribution in [-0.4, -0.2) is 9.97 Å². The molecule has 1 aromatic carbocycles. The second kappa shape index (κ2) is 6.62. The van der Waals surface area contributed by atoms with Crippen LogP contribution >= 0.6 is 11.3 Å². The van der Waals surface area contributed by atoms with Crippen LogP contribution < -0.4 is 10.9 Å². The van der Waals surface area contributed by atoms with E-state index in [2.05, 4.69) is 15.3 Å². The van der Waals surface area contributed by atoms with Crippen LogP contribution in [0.1, 0.15) is 11.6 Å². The van der Waals surface area contributed by atoms with Gasteiger partial charge >= 0.3 is 0 Å². The summed E-state index contributed by atoms with van der Waals surface area (Å²) >= 11 is 1.33. The Morgan fingerprint density at radius 2 is 2.04 bits per heavy atom. The number of rotatable bonds is 5. The minimum Gasteiger partial charge on any atom is -0.468 e. The van der Waals surface area contributed by atoms with Gasteiger partial charge in [0, 0.05) is 16.5 Å². The van der Waals surface area contributed by atoms with Crippen LogP contribution in [-0.2, 0) is 13.1 Å². The largest absolute Gasteiger partial charge is 0.468 e. The minimum absolute atomic E-state index is 0.265. The zero-order valence-corrected chi connectivity index (χ0v) is 13.9. The predicted molar refractivity (Wildman–Crippen MR) is 94.9 cm³/mol. The summed E-state index contributed by atoms with van der Waals surface area (Å²) in [7, 11) is 0. The molecule has 0 aliphatic heterocycles. The number of halogens is 1. The smallest absolute Gasteiger partial charge is 0.260 e. The summed E-state index contributed by atoms with van der Waals surface area (Å²) in [5.74, 6) is 0.984. The van der Waals surface area contributed by atoms with E-state index >= 15 is 0 Å². The summed E-state index contributed by atoms with van der Waals surface area (Å²) in [6.45, 7) is 0.943. The summed E-state index contributed by atoms with van der Waals surface area (Å²) in [6.07, 6.45) is 1.61. The highest BCUT2D eigenvalue weighted by atomic mass is 32.1. The van der Waals surface area contributed by atoms with E-state index in [-0.39, 0.29) is 11.4 Å². The highest BCUT2D eigenvalue weighted by Gasteiger charge is 2.15. The van der Waals surface area contributed by atoms with E-state index in [0.717, 1.165) is 5.76 Å². The van der Waals surface area contributed by atoms with Crippen LogP contribution in [0.25, 0.3) is 21.3 Å². The number of nitrogens with one attached hydrogen (secondary N) is 2. The molecule has 2 N–H and O–H groups in total. The van der Waals surface area contributed by atoms with Crippen molar-refractivity contribution in [2.45, 2.75) is 13.1 Å². The first-order chi connectivity index (χ1) is 12.2. The molecule has 0 aliphatic carbocycles. The molecule has 3 aromatic heterocycles. The molecule has 0 spiro atoms. The monoisotopic (exact) mass is 355 g/mol. The average Bonchev–Trinajstić information content (AvgIpc) is 3.25. The van der Waals surface area contributed by atoms with Gasteiger partial charge in [-0.05, 0) is 18.2 Å². The number of aromatic amines is 1. The van der Waals surface area contributed by atoms with Gasteiger partial charge in [-0.1, -0.05) is 18.2 Å². The topological polar surface area (TPSA) is 70.9 Å². The van der Waals surface area contributed by atoms with Gasteiger partial charge in [-0.25, -0.2) is 9.37 Å². The number of H-pyrrole nitrogens is 1. The summed E-state index contributed by atoms with van der Waals surface area (Å²) in [4.78, 5) is 20.3. The van der Waals surface area contributed by atoms with Crippen LogP contribution in [0.4, 0.5) is 4.39 Å². The van der Waals surface area contributed by atoms with Crippen molar-refractivity contribution in [2.75, 3.05) is 0 Å². The van der Waals surface area contributed by atoms with Crippen molar-refractivity contribution in [3.63, 3.8) is 0 Å². The van der Waals surface area contributed by atoms with Crippen LogP contribution in [0, 0.1) is 5.82 Å². The number of hydrogen-bond donors (Lipinski definition) is 2. The van der Waals surface area contributed by atoms with Gasteiger partial charge in [0.15, 0.2) is 0 Å². The fourth-order valence-corrected chi connectivity index (χ4v) is 3.63. The van der Waals surface area contributed by atoms with E-state index < -0.39 is 0 Å². The molecule has 7 heteroatoms. The Hall–Kier alpha value is -2.77. The van der Waals surface area contributed by atoms with Gasteiger partial charge in [-0.15, -0.1) is 11.3 Å². The number of nitrogens with zero attached hydrogens (tertiary/aromatic N) is 1. The van der Waals surface area contributed by atoms with Crippen molar-refractivity contribution >= 4 is 21.6 Å². The van der Waals surface area contributed by atoms with Gasteiger partial charge in [0.1, 0.15) is 22.2 Å². The van der Waals surface area contributed by atoms with Gasteiger partial charge < -0.3 is 14.7 Å². The Labute approximate surface area is 146 Å². The Balaban J connectivity index is 1.63. The van der Waals surface area contributed by atoms with E-state index in [4.69, 9.17) is 4.42 Å². The molecule has 0 bridgehead atoms. The summed E-state index contributed by atoms with van der Waals surface area (Å²) in [5.41, 5.74) is 0.714. The van der Waals surface area contributed by atoms with Crippen molar-refractivity contribution < 1.29 is 8.81 Å². The Bertz CT molecular complexity index is 1070. The molecule has 4 rings (SSSR count). The number of fused-ring (bicyclic) bond motifs is 1. The maximum Gasteiger partial charge on any atom is 0.260 e. The maximum atomic E-state index is 14.0. The number of furan rings is 1. The first kappa shape index (κ1) is 15.7. The van der Waals surface area contributed by atoms with Gasteiger partial charge in [0.2, 0.25) is 0 Å². The first-order valence-corrected chi connectivity index (χ1v) is 8.59. The molecule has 0 saturated carbocycles. The normalized spacial score (nSPS) is 11.2. The quantitative estimate of drug-likeness (QED) is 0.573. The molecular weight excluding hydrogens is 341 g/mol. The van der Waals surface area contributed by atoms with Gasteiger partial charge in [0.25, 0.3) is 5.56 Å². The fraction of sp³-hybridized carbons (Fsp3) is 0.111. The lowest BCUT2D eigenvalue weighted by Crippen LogP contribution is -2.18. The van der Waals surface area contributed by atoms with Crippen LogP contribution in [0.3, 0.4) is 0 Å². The van der Waals surface area contributed by atoms with E-state index in [9.17, 15) is 9.18 Å². The lowest BCUT2D eigenvalue weighted by molar-refractivity contribution is 0.480. The molecule has 0 atom stereocenters. The molecule has 126 valence electrons. The molecule has 4 aromatic rings. The molecule has 25 heavy (non-hydrogen) atoms. The van der Waals surface area contributed by atoms with Crippen molar-refractivity contribution in [2.24, 2.45) is 0 Å². The average molecular weight is 355 g/mol. The molecule has 0 amide bonds.